The summed E-state index contributed by atoms with van der Waals surface area (Å²) in [4.78, 5) is 27.3. The molecule has 1 fully saturated rings. The van der Waals surface area contributed by atoms with Crippen molar-refractivity contribution in [2.45, 2.75) is 37.8 Å². The zero-order chi connectivity index (χ0) is 16.7. The Morgan fingerprint density at radius 2 is 1.96 bits per heavy atom. The summed E-state index contributed by atoms with van der Waals surface area (Å²) in [6, 6.07) is 7.18. The number of hydrogen-bond acceptors (Lipinski definition) is 5. The van der Waals surface area contributed by atoms with Gasteiger partial charge >= 0.3 is 0 Å². The highest BCUT2D eigenvalue weighted by Gasteiger charge is 2.32. The summed E-state index contributed by atoms with van der Waals surface area (Å²) in [5.74, 6) is 0.720. The van der Waals surface area contributed by atoms with Crippen molar-refractivity contribution in [3.63, 3.8) is 0 Å². The van der Waals surface area contributed by atoms with Gasteiger partial charge in [0.2, 0.25) is 5.24 Å². The third-order valence-corrected chi connectivity index (χ3v) is 4.20. The van der Waals surface area contributed by atoms with Crippen LogP contribution in [0, 0.1) is 0 Å². The Labute approximate surface area is 141 Å². The van der Waals surface area contributed by atoms with E-state index >= 15 is 0 Å². The van der Waals surface area contributed by atoms with Crippen molar-refractivity contribution in [2.24, 2.45) is 4.99 Å². The van der Waals surface area contributed by atoms with Crippen LogP contribution in [0.3, 0.4) is 0 Å². The summed E-state index contributed by atoms with van der Waals surface area (Å²) in [5.41, 5.74) is 0.493. The van der Waals surface area contributed by atoms with Gasteiger partial charge in [-0.05, 0) is 61.5 Å². The van der Waals surface area contributed by atoms with Crippen LogP contribution in [-0.2, 0) is 9.59 Å². The summed E-state index contributed by atoms with van der Waals surface area (Å²) < 4.78 is 5.12. The normalized spacial score (nSPS) is 17.6. The molecule has 0 spiro atoms. The molecule has 0 unspecified atom stereocenters. The van der Waals surface area contributed by atoms with Crippen molar-refractivity contribution in [1.29, 1.82) is 0 Å². The van der Waals surface area contributed by atoms with E-state index in [0.29, 0.717) is 5.71 Å². The van der Waals surface area contributed by atoms with Crippen LogP contribution in [-0.4, -0.2) is 36.6 Å². The fraction of sp³-hybridized carbons (Fsp3) is 0.471. The predicted octanol–water partition coefficient (Wildman–Crippen LogP) is 2.70. The number of ether oxygens (including phenoxy) is 1. The number of aliphatic imine (C=N–C) groups is 1. The van der Waals surface area contributed by atoms with Gasteiger partial charge in [-0.3, -0.25) is 19.9 Å². The van der Waals surface area contributed by atoms with Crippen LogP contribution in [0.25, 0.3) is 0 Å². The van der Waals surface area contributed by atoms with Gasteiger partial charge in [0, 0.05) is 5.56 Å². The molecule has 1 aliphatic rings. The lowest BCUT2D eigenvalue weighted by atomic mass is 9.89. The average molecular weight is 337 g/mol. The van der Waals surface area contributed by atoms with Gasteiger partial charge < -0.3 is 4.74 Å². The van der Waals surface area contributed by atoms with E-state index in [9.17, 15) is 9.59 Å². The molecule has 0 heterocycles. The van der Waals surface area contributed by atoms with Gasteiger partial charge in [0.15, 0.2) is 6.29 Å². The largest absolute Gasteiger partial charge is 0.497 e. The van der Waals surface area contributed by atoms with Crippen LogP contribution < -0.4 is 10.1 Å². The fourth-order valence-electron chi connectivity index (χ4n) is 2.85. The molecule has 5 nitrogen and oxygen atoms in total. The van der Waals surface area contributed by atoms with Crippen LogP contribution in [0.4, 0.5) is 0 Å². The third kappa shape index (κ3) is 4.88. The highest BCUT2D eigenvalue weighted by molar-refractivity contribution is 6.64. The molecule has 6 heteroatoms. The van der Waals surface area contributed by atoms with Crippen LogP contribution in [0.1, 0.15) is 37.7 Å². The summed E-state index contributed by atoms with van der Waals surface area (Å²) in [7, 11) is 1.59. The molecule has 1 saturated carbocycles. The summed E-state index contributed by atoms with van der Waals surface area (Å²) in [6.07, 6.45) is 5.45. The van der Waals surface area contributed by atoms with Gasteiger partial charge in [-0.15, -0.1) is 0 Å². The van der Waals surface area contributed by atoms with Gasteiger partial charge in [-0.2, -0.15) is 0 Å². The summed E-state index contributed by atoms with van der Waals surface area (Å²) >= 11 is 5.45. The summed E-state index contributed by atoms with van der Waals surface area (Å²) in [5, 5.41) is 2.68. The number of carbonyl (C=O) groups excluding carboxylic acids is 2. The number of halogens is 1. The minimum atomic E-state index is -0.598. The van der Waals surface area contributed by atoms with Gasteiger partial charge in [-0.25, -0.2) is 0 Å². The van der Waals surface area contributed by atoms with Crippen LogP contribution >= 0.6 is 11.6 Å². The molecular formula is C17H21ClN2O3. The van der Waals surface area contributed by atoms with Gasteiger partial charge in [0.1, 0.15) is 17.1 Å². The Balaban J connectivity index is 2.29. The van der Waals surface area contributed by atoms with Crippen molar-refractivity contribution in [3.8, 4) is 5.75 Å². The van der Waals surface area contributed by atoms with Crippen molar-refractivity contribution in [3.05, 3.63) is 29.8 Å². The number of rotatable bonds is 7. The molecule has 1 N–H and O–H groups in total. The van der Waals surface area contributed by atoms with Crippen LogP contribution in [0.15, 0.2) is 29.3 Å². The first kappa shape index (κ1) is 17.6. The van der Waals surface area contributed by atoms with Gasteiger partial charge in [0.05, 0.1) is 13.7 Å². The zero-order valence-electron chi connectivity index (χ0n) is 13.2. The maximum Gasteiger partial charge on any atom is 0.235 e. The van der Waals surface area contributed by atoms with Crippen molar-refractivity contribution in [2.75, 3.05) is 13.7 Å². The quantitative estimate of drug-likeness (QED) is 0.472. The Kier molecular flexibility index (Phi) is 6.30. The molecule has 0 radical (unpaired) electrons. The molecule has 1 aromatic carbocycles. The van der Waals surface area contributed by atoms with Crippen molar-refractivity contribution >= 4 is 28.8 Å². The molecule has 124 valence electrons. The lowest BCUT2D eigenvalue weighted by Crippen LogP contribution is -2.47. The Morgan fingerprint density at radius 1 is 1.30 bits per heavy atom. The number of carbonyl (C=O) groups is 2. The number of methoxy groups -OCH3 is 1. The highest BCUT2D eigenvalue weighted by atomic mass is 35.5. The van der Waals surface area contributed by atoms with E-state index in [-0.39, 0.29) is 6.54 Å². The van der Waals surface area contributed by atoms with E-state index in [4.69, 9.17) is 16.3 Å². The molecule has 0 aliphatic heterocycles. The zero-order valence-corrected chi connectivity index (χ0v) is 13.9. The maximum absolute atomic E-state index is 11.5. The minimum absolute atomic E-state index is 0.0415. The second kappa shape index (κ2) is 8.22. The molecular weight excluding hydrogens is 316 g/mol. The van der Waals surface area contributed by atoms with Gasteiger partial charge in [-0.1, -0.05) is 6.42 Å². The van der Waals surface area contributed by atoms with E-state index in [0.717, 1.165) is 49.7 Å². The van der Waals surface area contributed by atoms with Gasteiger partial charge in [0.25, 0.3) is 0 Å². The van der Waals surface area contributed by atoms with E-state index in [1.54, 1.807) is 31.4 Å². The second-order valence-electron chi connectivity index (χ2n) is 5.64. The number of benzene rings is 1. The number of nitrogens with one attached hydrogen (secondary N) is 1. The minimum Gasteiger partial charge on any atom is -0.497 e. The van der Waals surface area contributed by atoms with Crippen molar-refractivity contribution < 1.29 is 14.3 Å². The maximum atomic E-state index is 11.5. The molecule has 2 rings (SSSR count). The van der Waals surface area contributed by atoms with Crippen LogP contribution in [0.5, 0.6) is 5.75 Å². The first-order valence-electron chi connectivity index (χ1n) is 7.71. The van der Waals surface area contributed by atoms with E-state index < -0.39 is 10.9 Å². The molecule has 23 heavy (non-hydrogen) atoms. The molecule has 0 saturated heterocycles. The highest BCUT2D eigenvalue weighted by Crippen LogP contribution is 2.30. The molecule has 1 aromatic rings. The standard InChI is InChI=1S/C17H21ClN2O3/c1-23-14-7-5-13(6-8-14)15(12-21)20-17(19-11-16(18)22)9-3-2-4-10-17/h5-8,12,19H,2-4,9-11H2,1H3. The molecule has 0 atom stereocenters. The van der Waals surface area contributed by atoms with E-state index in [1.807, 2.05) is 0 Å². The van der Waals surface area contributed by atoms with Crippen molar-refractivity contribution in [1.82, 2.24) is 5.32 Å². The third-order valence-electron chi connectivity index (χ3n) is 4.07. The smallest absolute Gasteiger partial charge is 0.235 e. The Morgan fingerprint density at radius 3 is 2.48 bits per heavy atom. The van der Waals surface area contributed by atoms with E-state index in [1.165, 1.54) is 0 Å². The van der Waals surface area contributed by atoms with E-state index in [2.05, 4.69) is 10.3 Å². The topological polar surface area (TPSA) is 67.8 Å². The second-order valence-corrected chi connectivity index (χ2v) is 6.07. The molecule has 0 bridgehead atoms. The molecule has 0 amide bonds. The Hall–Kier alpha value is -1.72. The lowest BCUT2D eigenvalue weighted by molar-refractivity contribution is -0.111. The van der Waals surface area contributed by atoms with Crippen LogP contribution in [0.2, 0.25) is 0 Å². The SMILES string of the molecule is COc1ccc(C(C=O)=NC2(NCC(=O)Cl)CCCCC2)cc1. The number of nitrogens with zero attached hydrogens (tertiary/aromatic N) is 1. The predicted molar refractivity (Wildman–Crippen MR) is 90.3 cm³/mol. The fourth-order valence-corrected chi connectivity index (χ4v) is 2.92. The lowest BCUT2D eigenvalue weighted by Gasteiger charge is -2.34. The number of aldehydes is 1. The average Bonchev–Trinajstić information content (AvgIpc) is 2.59. The monoisotopic (exact) mass is 336 g/mol. The Bertz CT molecular complexity index is 578. The summed E-state index contributed by atoms with van der Waals surface area (Å²) in [6.45, 7) is 0.0415. The number of hydrogen-bond donors (Lipinski definition) is 1. The first-order valence-corrected chi connectivity index (χ1v) is 8.09. The molecule has 1 aliphatic carbocycles. The first-order chi connectivity index (χ1) is 11.1. The molecule has 0 aromatic heterocycles.